The van der Waals surface area contributed by atoms with Gasteiger partial charge in [-0.1, -0.05) is 0 Å². The Hall–Kier alpha value is -2.14. The molecule has 1 heterocycles. The molecule has 0 aromatic rings. The number of hydrogen-bond acceptors (Lipinski definition) is 4. The molecule has 2 atom stereocenters. The molecule has 0 aromatic carbocycles. The summed E-state index contributed by atoms with van der Waals surface area (Å²) in [7, 11) is 0. The molecule has 1 saturated heterocycles. The average molecular weight is 586 g/mol. The Morgan fingerprint density at radius 1 is 0.472 bits per heavy atom. The molecule has 0 aromatic heterocycles. The van der Waals surface area contributed by atoms with Crippen molar-refractivity contribution in [1.82, 2.24) is 9.80 Å². The van der Waals surface area contributed by atoms with Gasteiger partial charge in [-0.15, -0.1) is 9.80 Å². The number of alkyl halides is 18. The van der Waals surface area contributed by atoms with Gasteiger partial charge in [0.1, 0.15) is 0 Å². The second-order valence-electron chi connectivity index (χ2n) is 6.57. The van der Waals surface area contributed by atoms with Gasteiger partial charge in [-0.25, -0.2) is 0 Å². The highest BCUT2D eigenvalue weighted by Gasteiger charge is 2.94. The van der Waals surface area contributed by atoms with Crippen LogP contribution in [0.5, 0.6) is 0 Å². The van der Waals surface area contributed by atoms with Crippen molar-refractivity contribution >= 4 is 12.1 Å². The Kier molecular flexibility index (Phi) is 7.25. The highest BCUT2D eigenvalue weighted by molar-refractivity contribution is 5.73. The van der Waals surface area contributed by atoms with Gasteiger partial charge in [-0.05, 0) is 0 Å². The van der Waals surface area contributed by atoms with Crippen molar-refractivity contribution in [3.8, 4) is 0 Å². The number of hydrogen-bond donors (Lipinski definition) is 0. The minimum Gasteiger partial charge on any atom is -0.260 e. The number of halogens is 20. The predicted molar refractivity (Wildman–Crippen MR) is 64.7 cm³/mol. The second-order valence-corrected chi connectivity index (χ2v) is 6.57. The van der Waals surface area contributed by atoms with Crippen LogP contribution in [0, 0.1) is 11.8 Å². The second kappa shape index (κ2) is 8.18. The van der Waals surface area contributed by atoms with Gasteiger partial charge in [0, 0.05) is 0 Å². The molecule has 2 unspecified atom stereocenters. The maximum absolute atomic E-state index is 14.0. The van der Waals surface area contributed by atoms with Crippen molar-refractivity contribution in [2.45, 2.75) is 48.6 Å². The fourth-order valence-corrected chi connectivity index (χ4v) is 2.82. The standard InChI is InChI=1S/C12H2F20N2O2/c13-3(35)1(5(15,16)17)7(21,22)33-9(25,26)11(29,30)34(12(31,32)10(33,27)28)8(23,24)2(4(14)36)6(18,19)20/h1-2H. The first-order valence-electron chi connectivity index (χ1n) is 7.76. The Morgan fingerprint density at radius 2 is 0.639 bits per heavy atom. The molecule has 24 heteroatoms. The van der Waals surface area contributed by atoms with Crippen molar-refractivity contribution in [3.05, 3.63) is 0 Å². The van der Waals surface area contributed by atoms with E-state index < -0.39 is 82.3 Å². The zero-order valence-electron chi connectivity index (χ0n) is 15.4. The van der Waals surface area contributed by atoms with Crippen molar-refractivity contribution in [1.29, 1.82) is 0 Å². The monoisotopic (exact) mass is 586 g/mol. The lowest BCUT2D eigenvalue weighted by Gasteiger charge is -2.56. The Bertz CT molecular complexity index is 790. The van der Waals surface area contributed by atoms with E-state index in [4.69, 9.17) is 0 Å². The lowest BCUT2D eigenvalue weighted by Crippen LogP contribution is -2.87. The zero-order valence-corrected chi connectivity index (χ0v) is 15.4. The van der Waals surface area contributed by atoms with E-state index >= 15 is 0 Å². The maximum atomic E-state index is 14.0. The summed E-state index contributed by atoms with van der Waals surface area (Å²) in [5, 5.41) is 0. The highest BCUT2D eigenvalue weighted by Crippen LogP contribution is 2.65. The predicted octanol–water partition coefficient (Wildman–Crippen LogP) is 5.51. The van der Waals surface area contributed by atoms with E-state index in [2.05, 4.69) is 0 Å². The summed E-state index contributed by atoms with van der Waals surface area (Å²) in [5.41, 5.74) is 0. The molecule has 0 radical (unpaired) electrons. The molecular formula is C12H2F20N2O2. The number of piperazine rings is 1. The first-order chi connectivity index (χ1) is 15.4. The number of carbonyl (C=O) groups is 2. The quantitative estimate of drug-likeness (QED) is 0.234. The maximum Gasteiger partial charge on any atom is 0.408 e. The first-order valence-corrected chi connectivity index (χ1v) is 7.76. The Balaban J connectivity index is 4.12. The largest absolute Gasteiger partial charge is 0.408 e. The summed E-state index contributed by atoms with van der Waals surface area (Å²) in [4.78, 5) is 11.5. The lowest BCUT2D eigenvalue weighted by atomic mass is 9.99. The molecule has 0 N–H and O–H groups in total. The smallest absolute Gasteiger partial charge is 0.260 e. The molecule has 0 spiro atoms. The van der Waals surface area contributed by atoms with E-state index in [1.54, 1.807) is 0 Å². The molecule has 36 heavy (non-hydrogen) atoms. The van der Waals surface area contributed by atoms with Gasteiger partial charge < -0.3 is 0 Å². The van der Waals surface area contributed by atoms with E-state index in [-0.39, 0.29) is 0 Å². The van der Waals surface area contributed by atoms with Gasteiger partial charge in [0.15, 0.2) is 0 Å². The van der Waals surface area contributed by atoms with E-state index in [9.17, 15) is 97.4 Å². The average Bonchev–Trinajstić information content (AvgIpc) is 2.45. The lowest BCUT2D eigenvalue weighted by molar-refractivity contribution is -0.570. The molecule has 0 bridgehead atoms. The summed E-state index contributed by atoms with van der Waals surface area (Å²) in [6.07, 6.45) is -14.6. The van der Waals surface area contributed by atoms with Crippen LogP contribution in [0.1, 0.15) is 0 Å². The van der Waals surface area contributed by atoms with Crippen LogP contribution >= 0.6 is 0 Å². The van der Waals surface area contributed by atoms with E-state index in [1.165, 1.54) is 0 Å². The summed E-state index contributed by atoms with van der Waals surface area (Å²) in [5.74, 6) is -12.4. The Labute approximate surface area is 181 Å². The molecule has 1 aliphatic heterocycles. The first kappa shape index (κ1) is 31.9. The topological polar surface area (TPSA) is 40.6 Å². The zero-order chi connectivity index (χ0) is 29.5. The third kappa shape index (κ3) is 4.31. The molecule has 0 saturated carbocycles. The van der Waals surface area contributed by atoms with Crippen LogP contribution in [-0.4, -0.2) is 70.5 Å². The van der Waals surface area contributed by atoms with E-state index in [1.807, 2.05) is 0 Å². The van der Waals surface area contributed by atoms with Crippen molar-refractivity contribution in [2.75, 3.05) is 0 Å². The van der Waals surface area contributed by atoms with Gasteiger partial charge in [-0.2, -0.15) is 87.8 Å². The van der Waals surface area contributed by atoms with E-state index in [0.717, 1.165) is 0 Å². The SMILES string of the molecule is O=C(F)C(C(F)(F)F)C(F)(F)N1C(F)(F)C(F)(F)N(C(F)(F)C(C(=O)F)C(F)(F)F)C(F)(F)C1(F)F. The van der Waals surface area contributed by atoms with Crippen LogP contribution in [0.15, 0.2) is 0 Å². The third-order valence-corrected chi connectivity index (χ3v) is 4.25. The fourth-order valence-electron chi connectivity index (χ4n) is 2.82. The normalized spacial score (nSPS) is 24.8. The van der Waals surface area contributed by atoms with Gasteiger partial charge >= 0.3 is 60.7 Å². The van der Waals surface area contributed by atoms with Gasteiger partial charge in [0.25, 0.3) is 0 Å². The van der Waals surface area contributed by atoms with Gasteiger partial charge in [0.2, 0.25) is 11.8 Å². The molecule has 1 aliphatic rings. The molecular weight excluding hydrogens is 584 g/mol. The minimum absolute atomic E-state index is 4.50. The van der Waals surface area contributed by atoms with Crippen LogP contribution < -0.4 is 0 Å². The molecule has 0 aliphatic carbocycles. The van der Waals surface area contributed by atoms with Gasteiger partial charge in [-0.3, -0.25) is 9.59 Å². The van der Waals surface area contributed by atoms with Crippen molar-refractivity contribution in [2.24, 2.45) is 11.8 Å². The summed E-state index contributed by atoms with van der Waals surface area (Å²) < 4.78 is 268. The number of carbonyl (C=O) groups excluding carboxylic acids is 2. The van der Waals surface area contributed by atoms with Crippen LogP contribution in [-0.2, 0) is 9.59 Å². The van der Waals surface area contributed by atoms with Gasteiger partial charge in [0.05, 0.1) is 0 Å². The third-order valence-electron chi connectivity index (χ3n) is 4.25. The van der Waals surface area contributed by atoms with Crippen molar-refractivity contribution < 1.29 is 97.4 Å². The van der Waals surface area contributed by atoms with Crippen LogP contribution in [0.2, 0.25) is 0 Å². The fraction of sp³-hybridized carbons (Fsp3) is 0.833. The molecule has 4 nitrogen and oxygen atoms in total. The molecule has 0 amide bonds. The summed E-state index contributed by atoms with van der Waals surface area (Å²) in [6, 6.07) is -58.2. The van der Waals surface area contributed by atoms with E-state index in [0.29, 0.717) is 0 Å². The molecule has 1 rings (SSSR count). The summed E-state index contributed by atoms with van der Waals surface area (Å²) >= 11 is 0. The summed E-state index contributed by atoms with van der Waals surface area (Å²) in [6.45, 7) is 0. The highest BCUT2D eigenvalue weighted by atomic mass is 19.4. The number of nitrogens with zero attached hydrogens (tertiary/aromatic N) is 2. The number of rotatable bonds is 6. The van der Waals surface area contributed by atoms with Crippen LogP contribution in [0.3, 0.4) is 0 Å². The minimum atomic E-state index is -8.28. The van der Waals surface area contributed by atoms with Crippen LogP contribution in [0.4, 0.5) is 87.8 Å². The Morgan fingerprint density at radius 3 is 0.750 bits per heavy atom. The van der Waals surface area contributed by atoms with Crippen LogP contribution in [0.25, 0.3) is 0 Å². The molecule has 212 valence electrons. The van der Waals surface area contributed by atoms with Crippen molar-refractivity contribution in [3.63, 3.8) is 0 Å². The molecule has 1 fully saturated rings.